The molecule has 1 atom stereocenters. The summed E-state index contributed by atoms with van der Waals surface area (Å²) in [6.07, 6.45) is 0. The number of hydrogen-bond donors (Lipinski definition) is 1. The number of benzene rings is 2. The van der Waals surface area contributed by atoms with Gasteiger partial charge in [-0.1, -0.05) is 41.4 Å². The van der Waals surface area contributed by atoms with Crippen LogP contribution in [0.3, 0.4) is 0 Å². The first-order chi connectivity index (χ1) is 13.8. The summed E-state index contributed by atoms with van der Waals surface area (Å²) in [7, 11) is 0. The zero-order valence-electron chi connectivity index (χ0n) is 16.3. The van der Waals surface area contributed by atoms with Crippen LogP contribution in [-0.2, 0) is 21.9 Å². The molecule has 0 saturated carbocycles. The summed E-state index contributed by atoms with van der Waals surface area (Å²) in [5.41, 5.74) is 1.71. The number of thioether (sulfide) groups is 1. The topological polar surface area (TPSA) is 49.4 Å². The molecule has 0 saturated heterocycles. The third-order valence-corrected chi connectivity index (χ3v) is 5.99. The van der Waals surface area contributed by atoms with E-state index in [-0.39, 0.29) is 29.9 Å². The first-order valence-corrected chi connectivity index (χ1v) is 11.1. The largest absolute Gasteiger partial charge is 0.355 e. The van der Waals surface area contributed by atoms with E-state index in [1.54, 1.807) is 37.3 Å². The second kappa shape index (κ2) is 11.4. The van der Waals surface area contributed by atoms with E-state index >= 15 is 0 Å². The lowest BCUT2D eigenvalue weighted by Crippen LogP contribution is -2.48. The summed E-state index contributed by atoms with van der Waals surface area (Å²) >= 11 is 13.5. The lowest BCUT2D eigenvalue weighted by molar-refractivity contribution is -0.138. The highest BCUT2D eigenvalue weighted by molar-refractivity contribution is 7.99. The van der Waals surface area contributed by atoms with Gasteiger partial charge in [-0.15, -0.1) is 11.8 Å². The molecule has 1 unspecified atom stereocenters. The van der Waals surface area contributed by atoms with Gasteiger partial charge < -0.3 is 10.2 Å². The summed E-state index contributed by atoms with van der Waals surface area (Å²) in [4.78, 5) is 26.8. The number of carbonyl (C=O) groups is 2. The first-order valence-electron chi connectivity index (χ1n) is 9.15. The second-order valence-corrected chi connectivity index (χ2v) is 8.26. The minimum absolute atomic E-state index is 0.165. The zero-order valence-corrected chi connectivity index (χ0v) is 18.6. The smallest absolute Gasteiger partial charge is 0.242 e. The van der Waals surface area contributed by atoms with Gasteiger partial charge in [0.15, 0.2) is 0 Å². The van der Waals surface area contributed by atoms with Crippen molar-refractivity contribution in [2.24, 2.45) is 0 Å². The molecule has 2 rings (SSSR count). The van der Waals surface area contributed by atoms with E-state index < -0.39 is 6.04 Å². The predicted octanol–water partition coefficient (Wildman–Crippen LogP) is 4.92. The van der Waals surface area contributed by atoms with E-state index in [2.05, 4.69) is 5.32 Å². The quantitative estimate of drug-likeness (QED) is 0.582. The molecule has 0 spiro atoms. The van der Waals surface area contributed by atoms with Gasteiger partial charge in [0.2, 0.25) is 11.8 Å². The Morgan fingerprint density at radius 1 is 1.10 bits per heavy atom. The van der Waals surface area contributed by atoms with Gasteiger partial charge in [0, 0.05) is 18.8 Å². The molecule has 0 aliphatic heterocycles. The second-order valence-electron chi connectivity index (χ2n) is 6.46. The molecule has 0 bridgehead atoms. The van der Waals surface area contributed by atoms with E-state index in [0.717, 1.165) is 11.1 Å². The fraction of sp³-hybridized carbons (Fsp3) is 0.333. The Kier molecular flexibility index (Phi) is 9.27. The van der Waals surface area contributed by atoms with E-state index in [1.165, 1.54) is 28.8 Å². The summed E-state index contributed by atoms with van der Waals surface area (Å²) in [5.74, 6) is 0.0923. The van der Waals surface area contributed by atoms with Crippen LogP contribution in [0.1, 0.15) is 25.0 Å². The van der Waals surface area contributed by atoms with Crippen molar-refractivity contribution in [3.63, 3.8) is 0 Å². The molecule has 0 radical (unpaired) electrons. The van der Waals surface area contributed by atoms with Crippen LogP contribution in [0.15, 0.2) is 42.5 Å². The number of carbonyl (C=O) groups excluding carboxylic acids is 2. The average molecular weight is 457 g/mol. The summed E-state index contributed by atoms with van der Waals surface area (Å²) in [6.45, 7) is 4.25. The molecule has 29 heavy (non-hydrogen) atoms. The number of amides is 2. The Morgan fingerprint density at radius 2 is 1.76 bits per heavy atom. The Bertz CT molecular complexity index is 849. The van der Waals surface area contributed by atoms with Crippen LogP contribution in [0.4, 0.5) is 4.39 Å². The lowest BCUT2D eigenvalue weighted by Gasteiger charge is -2.28. The van der Waals surface area contributed by atoms with Gasteiger partial charge in [0.1, 0.15) is 11.9 Å². The minimum Gasteiger partial charge on any atom is -0.355 e. The van der Waals surface area contributed by atoms with Crippen LogP contribution >= 0.6 is 35.0 Å². The number of nitrogens with zero attached hydrogens (tertiary/aromatic N) is 1. The molecule has 156 valence electrons. The molecule has 0 heterocycles. The maximum Gasteiger partial charge on any atom is 0.242 e. The Morgan fingerprint density at radius 3 is 2.38 bits per heavy atom. The van der Waals surface area contributed by atoms with Crippen LogP contribution < -0.4 is 5.32 Å². The molecule has 0 aliphatic carbocycles. The van der Waals surface area contributed by atoms with Crippen LogP contribution in [0.5, 0.6) is 0 Å². The highest BCUT2D eigenvalue weighted by Crippen LogP contribution is 2.24. The molecule has 2 aromatic rings. The lowest BCUT2D eigenvalue weighted by atomic mass is 10.1. The SMILES string of the molecule is CCNC(=O)C(C)N(Cc1ccc(Cl)c(Cl)c1)C(=O)CSCc1ccc(F)cc1. The van der Waals surface area contributed by atoms with Gasteiger partial charge in [-0.3, -0.25) is 9.59 Å². The first kappa shape index (κ1) is 23.5. The number of nitrogens with one attached hydrogen (secondary N) is 1. The third kappa shape index (κ3) is 7.21. The molecule has 0 aromatic heterocycles. The number of likely N-dealkylation sites (N-methyl/N-ethyl adjacent to an activating group) is 1. The van der Waals surface area contributed by atoms with Gasteiger partial charge in [-0.05, 0) is 49.2 Å². The Balaban J connectivity index is 2.07. The van der Waals surface area contributed by atoms with Crippen LogP contribution in [0.25, 0.3) is 0 Å². The highest BCUT2D eigenvalue weighted by Gasteiger charge is 2.25. The van der Waals surface area contributed by atoms with Crippen LogP contribution in [0, 0.1) is 5.82 Å². The molecular weight excluding hydrogens is 434 g/mol. The van der Waals surface area contributed by atoms with E-state index in [9.17, 15) is 14.0 Å². The van der Waals surface area contributed by atoms with Crippen molar-refractivity contribution in [1.29, 1.82) is 0 Å². The summed E-state index contributed by atoms with van der Waals surface area (Å²) < 4.78 is 13.0. The number of halogens is 3. The number of hydrogen-bond acceptors (Lipinski definition) is 3. The molecular formula is C21H23Cl2FN2O2S. The summed E-state index contributed by atoms with van der Waals surface area (Å²) in [6, 6.07) is 10.7. The van der Waals surface area contributed by atoms with E-state index in [1.807, 2.05) is 6.92 Å². The molecule has 0 aliphatic rings. The zero-order chi connectivity index (χ0) is 21.4. The van der Waals surface area contributed by atoms with Crippen molar-refractivity contribution in [2.45, 2.75) is 32.2 Å². The molecule has 8 heteroatoms. The average Bonchev–Trinajstić information content (AvgIpc) is 2.69. The Hall–Kier alpha value is -1.76. The summed E-state index contributed by atoms with van der Waals surface area (Å²) in [5, 5.41) is 3.58. The number of rotatable bonds is 9. The van der Waals surface area contributed by atoms with Crippen molar-refractivity contribution in [3.05, 3.63) is 69.5 Å². The predicted molar refractivity (Wildman–Crippen MR) is 118 cm³/mol. The van der Waals surface area contributed by atoms with Crippen molar-refractivity contribution in [3.8, 4) is 0 Å². The van der Waals surface area contributed by atoms with Crippen molar-refractivity contribution < 1.29 is 14.0 Å². The molecule has 0 fully saturated rings. The van der Waals surface area contributed by atoms with Gasteiger partial charge in [-0.2, -0.15) is 0 Å². The van der Waals surface area contributed by atoms with Crippen molar-refractivity contribution in [2.75, 3.05) is 12.3 Å². The molecule has 2 aromatic carbocycles. The van der Waals surface area contributed by atoms with Crippen molar-refractivity contribution >= 4 is 46.8 Å². The minimum atomic E-state index is -0.636. The molecule has 1 N–H and O–H groups in total. The van der Waals surface area contributed by atoms with Crippen molar-refractivity contribution in [1.82, 2.24) is 10.2 Å². The third-order valence-electron chi connectivity index (χ3n) is 4.26. The van der Waals surface area contributed by atoms with Gasteiger partial charge in [0.05, 0.1) is 15.8 Å². The normalized spacial score (nSPS) is 11.8. The standard InChI is InChI=1S/C21H23Cl2FN2O2S/c1-3-25-21(28)14(2)26(11-16-6-9-18(22)19(23)10-16)20(27)13-29-12-15-4-7-17(24)8-5-15/h4-10,14H,3,11-13H2,1-2H3,(H,25,28). The van der Waals surface area contributed by atoms with Gasteiger partial charge in [-0.25, -0.2) is 4.39 Å². The van der Waals surface area contributed by atoms with E-state index in [0.29, 0.717) is 22.3 Å². The van der Waals surface area contributed by atoms with Crippen LogP contribution in [-0.4, -0.2) is 35.1 Å². The maximum atomic E-state index is 13.0. The fourth-order valence-corrected chi connectivity index (χ4v) is 3.85. The molecule has 2 amide bonds. The van der Waals surface area contributed by atoms with Crippen LogP contribution in [0.2, 0.25) is 10.0 Å². The Labute approximate surface area is 184 Å². The van der Waals surface area contributed by atoms with Gasteiger partial charge >= 0.3 is 0 Å². The monoisotopic (exact) mass is 456 g/mol. The fourth-order valence-electron chi connectivity index (χ4n) is 2.66. The van der Waals surface area contributed by atoms with Gasteiger partial charge in [0.25, 0.3) is 0 Å². The maximum absolute atomic E-state index is 13.0. The molecule has 4 nitrogen and oxygen atoms in total. The van der Waals surface area contributed by atoms with E-state index in [4.69, 9.17) is 23.2 Å². The highest BCUT2D eigenvalue weighted by atomic mass is 35.5.